The molecule has 0 aliphatic carbocycles. The van der Waals surface area contributed by atoms with Crippen molar-refractivity contribution in [3.63, 3.8) is 0 Å². The fourth-order valence-corrected chi connectivity index (χ4v) is 2.41. The number of nitro groups is 1. The first-order valence-corrected chi connectivity index (χ1v) is 7.67. The Bertz CT molecular complexity index is 1020. The lowest BCUT2D eigenvalue weighted by Gasteiger charge is -2.03. The molecule has 26 heavy (non-hydrogen) atoms. The van der Waals surface area contributed by atoms with Crippen molar-refractivity contribution in [3.05, 3.63) is 81.6 Å². The highest BCUT2D eigenvalue weighted by Crippen LogP contribution is 2.25. The van der Waals surface area contributed by atoms with E-state index in [4.69, 9.17) is 4.42 Å². The summed E-state index contributed by atoms with van der Waals surface area (Å²) in [6, 6.07) is 14.4. The van der Waals surface area contributed by atoms with Crippen LogP contribution in [-0.2, 0) is 0 Å². The maximum Gasteiger partial charge on any atom is 0.335 e. The first kappa shape index (κ1) is 17.1. The van der Waals surface area contributed by atoms with Crippen molar-refractivity contribution in [3.8, 4) is 11.3 Å². The molecule has 1 aromatic heterocycles. The van der Waals surface area contributed by atoms with Gasteiger partial charge in [-0.2, -0.15) is 0 Å². The second-order valence-corrected chi connectivity index (χ2v) is 5.57. The molecule has 0 aliphatic heterocycles. The summed E-state index contributed by atoms with van der Waals surface area (Å²) in [5.74, 6) is -0.0414. The summed E-state index contributed by atoms with van der Waals surface area (Å²) in [7, 11) is 0. The van der Waals surface area contributed by atoms with Gasteiger partial charge < -0.3 is 9.52 Å². The lowest BCUT2D eigenvalue weighted by molar-refractivity contribution is -0.384. The van der Waals surface area contributed by atoms with E-state index in [0.29, 0.717) is 28.3 Å². The van der Waals surface area contributed by atoms with Crippen LogP contribution >= 0.6 is 0 Å². The lowest BCUT2D eigenvalue weighted by atomic mass is 10.0. The number of carboxylic acids is 1. The van der Waals surface area contributed by atoms with Crippen molar-refractivity contribution < 1.29 is 19.2 Å². The minimum absolute atomic E-state index is 0.0411. The largest absolute Gasteiger partial charge is 0.478 e. The molecular formula is C19H14N2O5. The quantitative estimate of drug-likeness (QED) is 0.411. The first-order chi connectivity index (χ1) is 12.4. The van der Waals surface area contributed by atoms with Crippen LogP contribution in [0.5, 0.6) is 0 Å². The molecular weight excluding hydrogens is 336 g/mol. The number of benzene rings is 2. The van der Waals surface area contributed by atoms with E-state index in [1.54, 1.807) is 49.4 Å². The summed E-state index contributed by atoms with van der Waals surface area (Å²) < 4.78 is 5.67. The smallest absolute Gasteiger partial charge is 0.335 e. The van der Waals surface area contributed by atoms with Gasteiger partial charge in [-0.3, -0.25) is 15.1 Å². The number of nitrogens with zero attached hydrogens (tertiary/aromatic N) is 2. The summed E-state index contributed by atoms with van der Waals surface area (Å²) >= 11 is 0. The molecule has 1 heterocycles. The Kier molecular flexibility index (Phi) is 4.62. The Hall–Kier alpha value is -3.74. The molecule has 0 amide bonds. The topological polar surface area (TPSA) is 106 Å². The van der Waals surface area contributed by atoms with E-state index in [1.807, 2.05) is 0 Å². The highest BCUT2D eigenvalue weighted by atomic mass is 16.6. The van der Waals surface area contributed by atoms with Crippen molar-refractivity contribution in [2.75, 3.05) is 0 Å². The molecule has 1 N–H and O–H groups in total. The molecule has 3 aromatic rings. The van der Waals surface area contributed by atoms with Crippen molar-refractivity contribution in [1.82, 2.24) is 0 Å². The number of carbonyl (C=O) groups is 1. The first-order valence-electron chi connectivity index (χ1n) is 7.67. The number of rotatable bonds is 5. The number of hydrogen-bond donors (Lipinski definition) is 1. The molecule has 0 saturated heterocycles. The van der Waals surface area contributed by atoms with Gasteiger partial charge in [0.1, 0.15) is 11.5 Å². The molecule has 7 nitrogen and oxygen atoms in total. The van der Waals surface area contributed by atoms with E-state index in [-0.39, 0.29) is 11.3 Å². The highest BCUT2D eigenvalue weighted by molar-refractivity contribution is 5.91. The van der Waals surface area contributed by atoms with Gasteiger partial charge in [-0.1, -0.05) is 18.2 Å². The normalized spacial score (nSPS) is 11.0. The van der Waals surface area contributed by atoms with Crippen LogP contribution in [-0.4, -0.2) is 22.2 Å². The van der Waals surface area contributed by atoms with E-state index < -0.39 is 10.9 Å². The van der Waals surface area contributed by atoms with Gasteiger partial charge in [0.15, 0.2) is 0 Å². The summed E-state index contributed by atoms with van der Waals surface area (Å²) in [4.78, 5) is 25.7. The lowest BCUT2D eigenvalue weighted by Crippen LogP contribution is -1.99. The van der Waals surface area contributed by atoms with Gasteiger partial charge in [0.2, 0.25) is 0 Å². The molecule has 0 unspecified atom stereocenters. The Balaban J connectivity index is 1.84. The molecule has 0 saturated carbocycles. The number of nitro benzene ring substituents is 1. The van der Waals surface area contributed by atoms with Crippen LogP contribution in [0, 0.1) is 17.0 Å². The SMILES string of the molecule is Cc1ccc(-c2ccc(C=Nc3cccc([N+](=O)[O-])c3)o2)cc1C(=O)O. The fraction of sp³-hybridized carbons (Fsp3) is 0.0526. The number of hydrogen-bond acceptors (Lipinski definition) is 5. The zero-order chi connectivity index (χ0) is 18.7. The van der Waals surface area contributed by atoms with Gasteiger partial charge in [-0.15, -0.1) is 0 Å². The van der Waals surface area contributed by atoms with E-state index >= 15 is 0 Å². The summed E-state index contributed by atoms with van der Waals surface area (Å²) in [5, 5.41) is 20.0. The third-order valence-electron chi connectivity index (χ3n) is 3.76. The van der Waals surface area contributed by atoms with Crippen LogP contribution in [0.25, 0.3) is 11.3 Å². The number of carboxylic acid groups (broad SMARTS) is 1. The van der Waals surface area contributed by atoms with Gasteiger partial charge in [0.25, 0.3) is 5.69 Å². The second kappa shape index (κ2) is 7.02. The summed E-state index contributed by atoms with van der Waals surface area (Å²) in [6.45, 7) is 1.73. The minimum Gasteiger partial charge on any atom is -0.478 e. The van der Waals surface area contributed by atoms with Crippen molar-refractivity contribution in [2.24, 2.45) is 4.99 Å². The van der Waals surface area contributed by atoms with Crippen molar-refractivity contribution in [2.45, 2.75) is 6.92 Å². The fourth-order valence-electron chi connectivity index (χ4n) is 2.41. The Morgan fingerprint density at radius 1 is 1.19 bits per heavy atom. The van der Waals surface area contributed by atoms with Gasteiger partial charge in [-0.25, -0.2) is 4.79 Å². The van der Waals surface area contributed by atoms with Crippen LogP contribution in [0.15, 0.2) is 64.0 Å². The van der Waals surface area contributed by atoms with E-state index in [9.17, 15) is 20.0 Å². The van der Waals surface area contributed by atoms with Gasteiger partial charge in [-0.05, 0) is 36.8 Å². The minimum atomic E-state index is -0.997. The number of aromatic carboxylic acids is 1. The number of non-ortho nitro benzene ring substituents is 1. The molecule has 0 radical (unpaired) electrons. The van der Waals surface area contributed by atoms with Gasteiger partial charge in [0, 0.05) is 17.7 Å². The van der Waals surface area contributed by atoms with Crippen LogP contribution in [0.1, 0.15) is 21.7 Å². The van der Waals surface area contributed by atoms with Crippen LogP contribution in [0.2, 0.25) is 0 Å². The predicted octanol–water partition coefficient (Wildman–Crippen LogP) is 4.61. The maximum atomic E-state index is 11.2. The summed E-state index contributed by atoms with van der Waals surface area (Å²) in [5.41, 5.74) is 1.91. The van der Waals surface area contributed by atoms with Crippen LogP contribution in [0.3, 0.4) is 0 Å². The van der Waals surface area contributed by atoms with Gasteiger partial charge >= 0.3 is 5.97 Å². The third kappa shape index (κ3) is 3.67. The third-order valence-corrected chi connectivity index (χ3v) is 3.76. The molecule has 2 aromatic carbocycles. The Morgan fingerprint density at radius 2 is 2.00 bits per heavy atom. The molecule has 0 atom stereocenters. The Labute approximate surface area is 148 Å². The Morgan fingerprint density at radius 3 is 2.73 bits per heavy atom. The van der Waals surface area contributed by atoms with Crippen molar-refractivity contribution in [1.29, 1.82) is 0 Å². The highest BCUT2D eigenvalue weighted by Gasteiger charge is 2.11. The van der Waals surface area contributed by atoms with Crippen LogP contribution < -0.4 is 0 Å². The zero-order valence-electron chi connectivity index (χ0n) is 13.7. The summed E-state index contributed by atoms with van der Waals surface area (Å²) in [6.07, 6.45) is 1.45. The molecule has 3 rings (SSSR count). The molecule has 0 spiro atoms. The maximum absolute atomic E-state index is 11.2. The van der Waals surface area contributed by atoms with E-state index in [1.165, 1.54) is 18.3 Å². The second-order valence-electron chi connectivity index (χ2n) is 5.57. The average Bonchev–Trinajstić information content (AvgIpc) is 3.09. The van der Waals surface area contributed by atoms with Crippen molar-refractivity contribution >= 4 is 23.6 Å². The molecule has 7 heteroatoms. The molecule has 0 bridgehead atoms. The monoisotopic (exact) mass is 350 g/mol. The number of aliphatic imine (C=N–C) groups is 1. The number of aryl methyl sites for hydroxylation is 1. The number of furan rings is 1. The standard InChI is InChI=1S/C19H14N2O5/c1-12-5-6-13(9-17(12)19(22)23)18-8-7-16(26-18)11-20-14-3-2-4-15(10-14)21(24)25/h2-11H,1H3,(H,22,23). The van der Waals surface area contributed by atoms with Gasteiger partial charge in [0.05, 0.1) is 22.4 Å². The van der Waals surface area contributed by atoms with E-state index in [2.05, 4.69) is 4.99 Å². The van der Waals surface area contributed by atoms with E-state index in [0.717, 1.165) is 0 Å². The molecule has 130 valence electrons. The predicted molar refractivity (Wildman–Crippen MR) is 96.2 cm³/mol. The average molecular weight is 350 g/mol. The van der Waals surface area contributed by atoms with Crippen LogP contribution in [0.4, 0.5) is 11.4 Å². The molecule has 0 fully saturated rings. The molecule has 0 aliphatic rings. The zero-order valence-corrected chi connectivity index (χ0v) is 13.7.